The molecule has 0 fully saturated rings. The molecule has 4 nitrogen and oxygen atoms in total. The van der Waals surface area contributed by atoms with Crippen molar-refractivity contribution in [3.05, 3.63) is 34.4 Å². The van der Waals surface area contributed by atoms with Crippen molar-refractivity contribution in [1.29, 1.82) is 0 Å². The molecule has 0 spiro atoms. The quantitative estimate of drug-likeness (QED) is 0.445. The van der Waals surface area contributed by atoms with Crippen LogP contribution in [0.5, 0.6) is 11.5 Å². The van der Waals surface area contributed by atoms with Gasteiger partial charge in [-0.1, -0.05) is 31.4 Å². The van der Waals surface area contributed by atoms with Crippen LogP contribution in [0.25, 0.3) is 0 Å². The second-order valence-corrected chi connectivity index (χ2v) is 6.65. The van der Waals surface area contributed by atoms with E-state index in [-0.39, 0.29) is 23.0 Å². The number of benzene rings is 1. The van der Waals surface area contributed by atoms with E-state index in [0.717, 1.165) is 38.5 Å². The maximum absolute atomic E-state index is 12.2. The van der Waals surface area contributed by atoms with Crippen molar-refractivity contribution in [2.24, 2.45) is 0 Å². The van der Waals surface area contributed by atoms with Crippen molar-refractivity contribution in [1.82, 2.24) is 0 Å². The highest BCUT2D eigenvalue weighted by Crippen LogP contribution is 2.44. The van der Waals surface area contributed by atoms with Crippen LogP contribution in [0.15, 0.2) is 17.7 Å². The van der Waals surface area contributed by atoms with Crippen molar-refractivity contribution in [2.45, 2.75) is 64.7 Å². The fraction of sp³-hybridized carbons (Fsp3) is 0.550. The van der Waals surface area contributed by atoms with E-state index in [1.807, 2.05) is 0 Å². The number of carbonyl (C=O) groups is 1. The molecule has 132 valence electrons. The van der Waals surface area contributed by atoms with Gasteiger partial charge in [0, 0.05) is 11.5 Å². The van der Waals surface area contributed by atoms with Gasteiger partial charge in [0.25, 0.3) is 0 Å². The summed E-state index contributed by atoms with van der Waals surface area (Å²) < 4.78 is 4.87. The number of hydrogen-bond donors (Lipinski definition) is 2. The van der Waals surface area contributed by atoms with Crippen LogP contribution in [-0.2, 0) is 11.2 Å². The number of hydrogen-bond acceptors (Lipinski definition) is 4. The maximum Gasteiger partial charge on any atom is 0.341 e. The van der Waals surface area contributed by atoms with E-state index in [1.165, 1.54) is 12.7 Å². The predicted molar refractivity (Wildman–Crippen MR) is 94.7 cm³/mol. The molecular weight excluding hydrogens is 304 g/mol. The molecule has 1 aliphatic rings. The van der Waals surface area contributed by atoms with Gasteiger partial charge < -0.3 is 14.9 Å². The zero-order chi connectivity index (χ0) is 17.7. The van der Waals surface area contributed by atoms with E-state index in [9.17, 15) is 15.0 Å². The summed E-state index contributed by atoms with van der Waals surface area (Å²) in [7, 11) is 1.31. The van der Waals surface area contributed by atoms with Gasteiger partial charge in [-0.05, 0) is 50.7 Å². The molecule has 0 heterocycles. The summed E-state index contributed by atoms with van der Waals surface area (Å²) in [4.78, 5) is 12.2. The number of esters is 1. The van der Waals surface area contributed by atoms with Crippen LogP contribution < -0.4 is 0 Å². The summed E-state index contributed by atoms with van der Waals surface area (Å²) in [6.07, 6.45) is 8.63. The lowest BCUT2D eigenvalue weighted by molar-refractivity contribution is 0.0596. The topological polar surface area (TPSA) is 66.8 Å². The molecule has 1 aliphatic carbocycles. The summed E-state index contributed by atoms with van der Waals surface area (Å²) >= 11 is 0. The van der Waals surface area contributed by atoms with Crippen molar-refractivity contribution < 1.29 is 19.7 Å². The molecule has 0 amide bonds. The maximum atomic E-state index is 12.2. The zero-order valence-electron chi connectivity index (χ0n) is 14.9. The number of carbonyl (C=O) groups excluding carboxylic acids is 1. The van der Waals surface area contributed by atoms with Gasteiger partial charge in [0.1, 0.15) is 17.1 Å². The highest BCUT2D eigenvalue weighted by atomic mass is 16.5. The molecule has 1 aromatic rings. The fourth-order valence-corrected chi connectivity index (χ4v) is 3.52. The lowest BCUT2D eigenvalue weighted by Crippen LogP contribution is -2.11. The number of aromatic hydroxyl groups is 2. The van der Waals surface area contributed by atoms with E-state index < -0.39 is 5.97 Å². The van der Waals surface area contributed by atoms with Crippen LogP contribution in [0.3, 0.4) is 0 Å². The van der Waals surface area contributed by atoms with Crippen molar-refractivity contribution >= 4 is 5.97 Å². The number of allylic oxidation sites excluding steroid dienone is 2. The lowest BCUT2D eigenvalue weighted by atomic mass is 9.83. The summed E-state index contributed by atoms with van der Waals surface area (Å²) in [6.45, 7) is 4.16. The molecule has 2 N–H and O–H groups in total. The fourth-order valence-electron chi connectivity index (χ4n) is 3.52. The molecule has 0 aliphatic heterocycles. The minimum atomic E-state index is -0.545. The Balaban J connectivity index is 2.49. The van der Waals surface area contributed by atoms with Crippen LogP contribution >= 0.6 is 0 Å². The van der Waals surface area contributed by atoms with Gasteiger partial charge in [0.05, 0.1) is 7.11 Å². The molecule has 0 saturated heterocycles. The number of rotatable bonds is 6. The van der Waals surface area contributed by atoms with Gasteiger partial charge in [0.15, 0.2) is 0 Å². The number of aryl methyl sites for hydroxylation is 1. The molecule has 1 atom stereocenters. The average Bonchev–Trinajstić information content (AvgIpc) is 2.54. The third-order valence-corrected chi connectivity index (χ3v) is 4.78. The van der Waals surface area contributed by atoms with Gasteiger partial charge >= 0.3 is 5.97 Å². The molecule has 0 saturated carbocycles. The zero-order valence-corrected chi connectivity index (χ0v) is 14.9. The van der Waals surface area contributed by atoms with Gasteiger partial charge in [-0.25, -0.2) is 4.79 Å². The van der Waals surface area contributed by atoms with Gasteiger partial charge in [-0.15, -0.1) is 0 Å². The SMILES string of the molecule is CCCCCc1cc(O)c([C@H]2C=C(C)CCC2)c(O)c1C(=O)OC. The number of methoxy groups -OCH3 is 1. The molecular formula is C20H28O4. The molecule has 0 unspecified atom stereocenters. The van der Waals surface area contributed by atoms with Crippen LogP contribution in [0.1, 0.15) is 79.8 Å². The largest absolute Gasteiger partial charge is 0.507 e. The molecule has 0 radical (unpaired) electrons. The van der Waals surface area contributed by atoms with E-state index in [2.05, 4.69) is 19.9 Å². The highest BCUT2D eigenvalue weighted by Gasteiger charge is 2.27. The van der Waals surface area contributed by atoms with E-state index in [4.69, 9.17) is 4.74 Å². The number of phenolic OH excluding ortho intramolecular Hbond substituents is 2. The van der Waals surface area contributed by atoms with Crippen LogP contribution in [0.2, 0.25) is 0 Å². The Kier molecular flexibility index (Phi) is 6.29. The van der Waals surface area contributed by atoms with Gasteiger partial charge in [-0.3, -0.25) is 0 Å². The first-order chi connectivity index (χ1) is 11.5. The second kappa shape index (κ2) is 8.22. The average molecular weight is 332 g/mol. The molecule has 0 aromatic heterocycles. The normalized spacial score (nSPS) is 17.5. The molecule has 4 heteroatoms. The Morgan fingerprint density at radius 3 is 2.71 bits per heavy atom. The van der Waals surface area contributed by atoms with E-state index in [0.29, 0.717) is 17.5 Å². The smallest absolute Gasteiger partial charge is 0.341 e. The molecule has 0 bridgehead atoms. The monoisotopic (exact) mass is 332 g/mol. The third-order valence-electron chi connectivity index (χ3n) is 4.78. The number of unbranched alkanes of at least 4 members (excludes halogenated alkanes) is 2. The van der Waals surface area contributed by atoms with Crippen LogP contribution in [0, 0.1) is 0 Å². The molecule has 1 aromatic carbocycles. The van der Waals surface area contributed by atoms with Gasteiger partial charge in [-0.2, -0.15) is 0 Å². The first kappa shape index (κ1) is 18.4. The summed E-state index contributed by atoms with van der Waals surface area (Å²) in [6, 6.07) is 1.63. The van der Waals surface area contributed by atoms with Crippen molar-refractivity contribution in [3.63, 3.8) is 0 Å². The van der Waals surface area contributed by atoms with Crippen molar-refractivity contribution in [2.75, 3.05) is 7.11 Å². The Hall–Kier alpha value is -1.97. The molecule has 2 rings (SSSR count). The Morgan fingerprint density at radius 2 is 2.08 bits per heavy atom. The third kappa shape index (κ3) is 3.92. The lowest BCUT2D eigenvalue weighted by Gasteiger charge is -2.23. The summed E-state index contributed by atoms with van der Waals surface area (Å²) in [5, 5.41) is 21.3. The minimum Gasteiger partial charge on any atom is -0.507 e. The Morgan fingerprint density at radius 1 is 1.33 bits per heavy atom. The van der Waals surface area contributed by atoms with Crippen LogP contribution in [-0.4, -0.2) is 23.3 Å². The summed E-state index contributed by atoms with van der Waals surface area (Å²) in [5.74, 6) is -0.657. The molecule has 24 heavy (non-hydrogen) atoms. The standard InChI is InChI=1S/C20H28O4/c1-4-5-6-9-15-12-16(21)17(14-10-7-8-13(2)11-14)19(22)18(15)20(23)24-3/h11-12,14,21-22H,4-10H2,1-3H3/t14-/m1/s1. The Labute approximate surface area is 144 Å². The van der Waals surface area contributed by atoms with Crippen LogP contribution in [0.4, 0.5) is 0 Å². The highest BCUT2D eigenvalue weighted by molar-refractivity contribution is 5.95. The first-order valence-corrected chi connectivity index (χ1v) is 8.82. The number of ether oxygens (including phenoxy) is 1. The van der Waals surface area contributed by atoms with Gasteiger partial charge in [0.2, 0.25) is 0 Å². The number of phenols is 2. The Bertz CT molecular complexity index is 631. The predicted octanol–water partition coefficient (Wildman–Crippen LogP) is 4.83. The summed E-state index contributed by atoms with van der Waals surface area (Å²) in [5.41, 5.74) is 2.56. The van der Waals surface area contributed by atoms with E-state index in [1.54, 1.807) is 6.07 Å². The first-order valence-electron chi connectivity index (χ1n) is 8.82. The van der Waals surface area contributed by atoms with Crippen molar-refractivity contribution in [3.8, 4) is 11.5 Å². The minimum absolute atomic E-state index is 0.0631. The second-order valence-electron chi connectivity index (χ2n) is 6.65. The van der Waals surface area contributed by atoms with E-state index >= 15 is 0 Å².